The molecule has 2 aromatic rings. The Kier molecular flexibility index (Phi) is 9.30. The zero-order valence-corrected chi connectivity index (χ0v) is 20.4. The fraction of sp³-hybridized carbons (Fsp3) is 0.481. The van der Waals surface area contributed by atoms with Gasteiger partial charge < -0.3 is 15.0 Å². The van der Waals surface area contributed by atoms with Crippen molar-refractivity contribution in [3.05, 3.63) is 65.7 Å². The second-order valence-electron chi connectivity index (χ2n) is 9.38. The van der Waals surface area contributed by atoms with Crippen molar-refractivity contribution in [3.8, 4) is 5.75 Å². The molecule has 0 heterocycles. The molecule has 1 N–H and O–H groups in total. The van der Waals surface area contributed by atoms with Crippen molar-refractivity contribution in [1.82, 2.24) is 10.2 Å². The molecule has 0 bridgehead atoms. The SMILES string of the molecule is CC[C@H](C)NC(=O)[C@H](C)N(CCc1ccccc1)C(=O)COc1ccc(C(C)(C)C)cc1. The summed E-state index contributed by atoms with van der Waals surface area (Å²) >= 11 is 0. The Morgan fingerprint density at radius 3 is 2.19 bits per heavy atom. The summed E-state index contributed by atoms with van der Waals surface area (Å²) < 4.78 is 5.78. The lowest BCUT2D eigenvalue weighted by molar-refractivity contribution is -0.141. The van der Waals surface area contributed by atoms with Gasteiger partial charge in [-0.25, -0.2) is 0 Å². The van der Waals surface area contributed by atoms with Crippen molar-refractivity contribution in [3.63, 3.8) is 0 Å². The van der Waals surface area contributed by atoms with Gasteiger partial charge in [0.1, 0.15) is 11.8 Å². The Hall–Kier alpha value is -2.82. The van der Waals surface area contributed by atoms with Gasteiger partial charge in [-0.3, -0.25) is 9.59 Å². The number of nitrogens with zero attached hydrogens (tertiary/aromatic N) is 1. The monoisotopic (exact) mass is 438 g/mol. The van der Waals surface area contributed by atoms with E-state index in [-0.39, 0.29) is 29.9 Å². The molecule has 0 fully saturated rings. The number of rotatable bonds is 10. The lowest BCUT2D eigenvalue weighted by Crippen LogP contribution is -2.51. The first-order valence-corrected chi connectivity index (χ1v) is 11.5. The molecule has 5 nitrogen and oxygen atoms in total. The highest BCUT2D eigenvalue weighted by molar-refractivity contribution is 5.88. The number of hydrogen-bond acceptors (Lipinski definition) is 3. The summed E-state index contributed by atoms with van der Waals surface area (Å²) in [5.41, 5.74) is 2.38. The molecule has 5 heteroatoms. The third-order valence-corrected chi connectivity index (χ3v) is 5.74. The van der Waals surface area contributed by atoms with Gasteiger partial charge in [-0.15, -0.1) is 0 Å². The minimum Gasteiger partial charge on any atom is -0.484 e. The van der Waals surface area contributed by atoms with E-state index in [1.807, 2.05) is 68.4 Å². The topological polar surface area (TPSA) is 58.6 Å². The van der Waals surface area contributed by atoms with Crippen molar-refractivity contribution in [2.24, 2.45) is 0 Å². The maximum atomic E-state index is 13.1. The highest BCUT2D eigenvalue weighted by atomic mass is 16.5. The molecular formula is C27H38N2O3. The van der Waals surface area contributed by atoms with E-state index in [2.05, 4.69) is 26.1 Å². The van der Waals surface area contributed by atoms with Crippen LogP contribution < -0.4 is 10.1 Å². The summed E-state index contributed by atoms with van der Waals surface area (Å²) in [6.07, 6.45) is 1.51. The van der Waals surface area contributed by atoms with E-state index < -0.39 is 6.04 Å². The molecule has 0 aliphatic carbocycles. The van der Waals surface area contributed by atoms with E-state index in [0.29, 0.717) is 18.7 Å². The predicted molar refractivity (Wildman–Crippen MR) is 130 cm³/mol. The van der Waals surface area contributed by atoms with Crippen LogP contribution in [0.25, 0.3) is 0 Å². The minimum atomic E-state index is -0.577. The molecule has 2 atom stereocenters. The Labute approximate surface area is 193 Å². The zero-order chi connectivity index (χ0) is 23.7. The third kappa shape index (κ3) is 7.70. The van der Waals surface area contributed by atoms with Crippen molar-refractivity contribution in [2.45, 2.75) is 71.9 Å². The molecule has 0 unspecified atom stereocenters. The van der Waals surface area contributed by atoms with Gasteiger partial charge in [0.25, 0.3) is 5.91 Å². The van der Waals surface area contributed by atoms with E-state index in [1.165, 1.54) is 5.56 Å². The smallest absolute Gasteiger partial charge is 0.261 e. The predicted octanol–water partition coefficient (Wildman–Crippen LogP) is 4.74. The van der Waals surface area contributed by atoms with Gasteiger partial charge in [-0.2, -0.15) is 0 Å². The van der Waals surface area contributed by atoms with Gasteiger partial charge in [0, 0.05) is 12.6 Å². The Morgan fingerprint density at radius 2 is 1.62 bits per heavy atom. The highest BCUT2D eigenvalue weighted by Crippen LogP contribution is 2.24. The average molecular weight is 439 g/mol. The molecule has 2 rings (SSSR count). The average Bonchev–Trinajstić information content (AvgIpc) is 2.77. The summed E-state index contributed by atoms with van der Waals surface area (Å²) in [5.74, 6) is 0.300. The van der Waals surface area contributed by atoms with Crippen LogP contribution in [0.5, 0.6) is 5.75 Å². The first-order chi connectivity index (χ1) is 15.1. The Bertz CT molecular complexity index is 857. The standard InChI is InChI=1S/C27H38N2O3/c1-7-20(2)28-26(31)21(3)29(18-17-22-11-9-8-10-12-22)25(30)19-32-24-15-13-23(14-16-24)27(4,5)6/h8-16,20-21H,7,17-19H2,1-6H3,(H,28,31)/t20-,21-/m0/s1. The molecule has 0 aliphatic heterocycles. The number of ether oxygens (including phenoxy) is 1. The maximum absolute atomic E-state index is 13.1. The second kappa shape index (κ2) is 11.7. The molecule has 32 heavy (non-hydrogen) atoms. The first-order valence-electron chi connectivity index (χ1n) is 11.5. The van der Waals surface area contributed by atoms with Crippen LogP contribution >= 0.6 is 0 Å². The molecule has 0 saturated carbocycles. The van der Waals surface area contributed by atoms with Crippen LogP contribution in [0.4, 0.5) is 0 Å². The summed E-state index contributed by atoms with van der Waals surface area (Å²) in [4.78, 5) is 27.4. The number of carbonyl (C=O) groups excluding carboxylic acids is 2. The summed E-state index contributed by atoms with van der Waals surface area (Å²) in [6.45, 7) is 12.6. The van der Waals surface area contributed by atoms with Gasteiger partial charge in [-0.1, -0.05) is 70.2 Å². The number of carbonyl (C=O) groups is 2. The van der Waals surface area contributed by atoms with Crippen molar-refractivity contribution < 1.29 is 14.3 Å². The molecular weight excluding hydrogens is 400 g/mol. The van der Waals surface area contributed by atoms with Gasteiger partial charge >= 0.3 is 0 Å². The van der Waals surface area contributed by atoms with Gasteiger partial charge in [0.05, 0.1) is 0 Å². The molecule has 2 amide bonds. The number of benzene rings is 2. The first kappa shape index (κ1) is 25.4. The number of amides is 2. The summed E-state index contributed by atoms with van der Waals surface area (Å²) in [6, 6.07) is 17.3. The second-order valence-corrected chi connectivity index (χ2v) is 9.38. The van der Waals surface area contributed by atoms with Gasteiger partial charge in [0.2, 0.25) is 5.91 Å². The van der Waals surface area contributed by atoms with Crippen molar-refractivity contribution in [1.29, 1.82) is 0 Å². The molecule has 0 spiro atoms. The fourth-order valence-electron chi connectivity index (χ4n) is 3.31. The maximum Gasteiger partial charge on any atom is 0.261 e. The van der Waals surface area contributed by atoms with Crippen LogP contribution in [0.1, 0.15) is 59.1 Å². The molecule has 174 valence electrons. The fourth-order valence-corrected chi connectivity index (χ4v) is 3.31. The lowest BCUT2D eigenvalue weighted by Gasteiger charge is -2.29. The molecule has 0 saturated heterocycles. The zero-order valence-electron chi connectivity index (χ0n) is 20.4. The van der Waals surface area contributed by atoms with Crippen LogP contribution in [0, 0.1) is 0 Å². The summed E-state index contributed by atoms with van der Waals surface area (Å²) in [5, 5.41) is 2.98. The van der Waals surface area contributed by atoms with E-state index in [1.54, 1.807) is 11.8 Å². The Balaban J connectivity index is 2.07. The molecule has 2 aromatic carbocycles. The summed E-state index contributed by atoms with van der Waals surface area (Å²) in [7, 11) is 0. The Morgan fingerprint density at radius 1 is 1.00 bits per heavy atom. The largest absolute Gasteiger partial charge is 0.484 e. The number of hydrogen-bond donors (Lipinski definition) is 1. The van der Waals surface area contributed by atoms with E-state index in [9.17, 15) is 9.59 Å². The molecule has 0 radical (unpaired) electrons. The quantitative estimate of drug-likeness (QED) is 0.583. The number of nitrogens with one attached hydrogen (secondary N) is 1. The van der Waals surface area contributed by atoms with Crippen LogP contribution in [-0.2, 0) is 21.4 Å². The van der Waals surface area contributed by atoms with Crippen LogP contribution in [0.15, 0.2) is 54.6 Å². The normalized spacial score (nSPS) is 13.2. The van der Waals surface area contributed by atoms with E-state index >= 15 is 0 Å². The van der Waals surface area contributed by atoms with Crippen molar-refractivity contribution in [2.75, 3.05) is 13.2 Å². The van der Waals surface area contributed by atoms with Crippen molar-refractivity contribution >= 4 is 11.8 Å². The van der Waals surface area contributed by atoms with Crippen LogP contribution in [0.3, 0.4) is 0 Å². The van der Waals surface area contributed by atoms with Crippen LogP contribution in [0.2, 0.25) is 0 Å². The lowest BCUT2D eigenvalue weighted by atomic mass is 9.87. The molecule has 0 aromatic heterocycles. The molecule has 0 aliphatic rings. The van der Waals surface area contributed by atoms with Gasteiger partial charge in [-0.05, 0) is 55.4 Å². The highest BCUT2D eigenvalue weighted by Gasteiger charge is 2.26. The van der Waals surface area contributed by atoms with E-state index in [4.69, 9.17) is 4.74 Å². The minimum absolute atomic E-state index is 0.0566. The van der Waals surface area contributed by atoms with Gasteiger partial charge in [0.15, 0.2) is 6.61 Å². The van der Waals surface area contributed by atoms with Crippen LogP contribution in [-0.4, -0.2) is 41.9 Å². The van der Waals surface area contributed by atoms with E-state index in [0.717, 1.165) is 12.0 Å². The third-order valence-electron chi connectivity index (χ3n) is 5.74.